The van der Waals surface area contributed by atoms with E-state index >= 15 is 0 Å². The number of rotatable bonds is 1. The summed E-state index contributed by atoms with van der Waals surface area (Å²) in [5.74, 6) is 0.937. The number of nitrogens with zero attached hydrogens (tertiary/aromatic N) is 1. The fraction of sp³-hybridized carbons (Fsp3) is 0.250. The number of fused-ring (bicyclic) bond motifs is 1. The molecule has 0 fully saturated rings. The first-order valence-electron chi connectivity index (χ1n) is 4.82. The van der Waals surface area contributed by atoms with Crippen molar-refractivity contribution in [2.24, 2.45) is 0 Å². The number of thioether (sulfide) groups is 1. The summed E-state index contributed by atoms with van der Waals surface area (Å²) < 4.78 is 0. The standard InChI is InChI=1S/C12H13NOS/c1-13(2)7-9-8-15-11-6-4-3-5-10(11)12(9)14/h3-7H,8H2,1-2H3/b9-7+. The molecule has 0 bridgehead atoms. The third-order valence-electron chi connectivity index (χ3n) is 2.22. The normalized spacial score (nSPS) is 17.7. The maximum Gasteiger partial charge on any atom is 0.192 e. The summed E-state index contributed by atoms with van der Waals surface area (Å²) in [4.78, 5) is 15.1. The van der Waals surface area contributed by atoms with Gasteiger partial charge < -0.3 is 4.90 Å². The average molecular weight is 219 g/mol. The second-order valence-corrected chi connectivity index (χ2v) is 4.75. The topological polar surface area (TPSA) is 20.3 Å². The minimum atomic E-state index is 0.165. The predicted octanol–water partition coefficient (Wildman–Crippen LogP) is 2.42. The van der Waals surface area contributed by atoms with Gasteiger partial charge in [0.2, 0.25) is 0 Å². The van der Waals surface area contributed by atoms with Crippen LogP contribution in [0.25, 0.3) is 0 Å². The summed E-state index contributed by atoms with van der Waals surface area (Å²) in [6, 6.07) is 7.79. The van der Waals surface area contributed by atoms with Crippen LogP contribution in [0.2, 0.25) is 0 Å². The quantitative estimate of drug-likeness (QED) is 0.677. The van der Waals surface area contributed by atoms with Crippen LogP contribution in [0.4, 0.5) is 0 Å². The van der Waals surface area contributed by atoms with Crippen LogP contribution in [0.1, 0.15) is 10.4 Å². The van der Waals surface area contributed by atoms with Gasteiger partial charge in [0.25, 0.3) is 0 Å². The summed E-state index contributed by atoms with van der Waals surface area (Å²) in [7, 11) is 3.87. The molecule has 1 heterocycles. The molecule has 2 nitrogen and oxygen atoms in total. The summed E-state index contributed by atoms with van der Waals surface area (Å²) in [5, 5.41) is 0. The highest BCUT2D eigenvalue weighted by molar-refractivity contribution is 7.99. The third kappa shape index (κ3) is 2.07. The Morgan fingerprint density at radius 3 is 2.80 bits per heavy atom. The van der Waals surface area contributed by atoms with Crippen molar-refractivity contribution in [3.8, 4) is 0 Å². The van der Waals surface area contributed by atoms with Crippen molar-refractivity contribution < 1.29 is 4.79 Å². The molecule has 1 aromatic rings. The Kier molecular flexibility index (Phi) is 2.82. The molecule has 0 atom stereocenters. The van der Waals surface area contributed by atoms with Crippen molar-refractivity contribution in [2.45, 2.75) is 4.90 Å². The molecule has 0 aromatic heterocycles. The molecule has 0 aliphatic carbocycles. The van der Waals surface area contributed by atoms with Crippen molar-refractivity contribution in [3.05, 3.63) is 41.6 Å². The first kappa shape index (κ1) is 10.3. The highest BCUT2D eigenvalue weighted by Gasteiger charge is 2.21. The van der Waals surface area contributed by atoms with Gasteiger partial charge >= 0.3 is 0 Å². The molecule has 1 aromatic carbocycles. The van der Waals surface area contributed by atoms with Crippen LogP contribution in [0.3, 0.4) is 0 Å². The molecule has 0 spiro atoms. The monoisotopic (exact) mass is 219 g/mol. The molecule has 15 heavy (non-hydrogen) atoms. The van der Waals surface area contributed by atoms with Gasteiger partial charge in [0.1, 0.15) is 0 Å². The Morgan fingerprint density at radius 1 is 1.33 bits per heavy atom. The first-order valence-corrected chi connectivity index (χ1v) is 5.80. The van der Waals surface area contributed by atoms with Gasteiger partial charge in [0, 0.05) is 42.1 Å². The van der Waals surface area contributed by atoms with Gasteiger partial charge in [-0.25, -0.2) is 0 Å². The zero-order valence-electron chi connectivity index (χ0n) is 8.86. The highest BCUT2D eigenvalue weighted by Crippen LogP contribution is 2.32. The minimum absolute atomic E-state index is 0.165. The first-order chi connectivity index (χ1) is 7.18. The number of hydrogen-bond donors (Lipinski definition) is 0. The molecule has 2 rings (SSSR count). The predicted molar refractivity (Wildman–Crippen MR) is 63.3 cm³/mol. The number of benzene rings is 1. The lowest BCUT2D eigenvalue weighted by Gasteiger charge is -2.18. The molecular weight excluding hydrogens is 206 g/mol. The van der Waals surface area contributed by atoms with E-state index in [1.165, 1.54) is 0 Å². The van der Waals surface area contributed by atoms with E-state index in [0.29, 0.717) is 0 Å². The van der Waals surface area contributed by atoms with Crippen molar-refractivity contribution in [1.82, 2.24) is 4.90 Å². The van der Waals surface area contributed by atoms with Gasteiger partial charge in [-0.1, -0.05) is 12.1 Å². The number of carbonyl (C=O) groups is 1. The largest absolute Gasteiger partial charge is 0.383 e. The van der Waals surface area contributed by atoms with Gasteiger partial charge in [0.05, 0.1) is 0 Å². The molecule has 3 heteroatoms. The van der Waals surface area contributed by atoms with Crippen molar-refractivity contribution in [1.29, 1.82) is 0 Å². The number of ketones is 1. The maximum absolute atomic E-state index is 12.0. The van der Waals surface area contributed by atoms with E-state index in [1.54, 1.807) is 11.8 Å². The van der Waals surface area contributed by atoms with Gasteiger partial charge in [-0.05, 0) is 12.1 Å². The summed E-state index contributed by atoms with van der Waals surface area (Å²) >= 11 is 1.73. The molecule has 0 saturated heterocycles. The zero-order valence-corrected chi connectivity index (χ0v) is 9.67. The molecule has 0 unspecified atom stereocenters. The Morgan fingerprint density at radius 2 is 2.07 bits per heavy atom. The van der Waals surface area contributed by atoms with Crippen LogP contribution < -0.4 is 0 Å². The second kappa shape index (κ2) is 4.11. The fourth-order valence-electron chi connectivity index (χ4n) is 1.58. The van der Waals surface area contributed by atoms with Crippen LogP contribution in [-0.4, -0.2) is 30.5 Å². The maximum atomic E-state index is 12.0. The SMILES string of the molecule is CN(C)/C=C1\CSc2ccccc2C1=O. The van der Waals surface area contributed by atoms with Gasteiger partial charge in [0.15, 0.2) is 5.78 Å². The van der Waals surface area contributed by atoms with Crippen LogP contribution in [0.5, 0.6) is 0 Å². The van der Waals surface area contributed by atoms with Gasteiger partial charge in [-0.2, -0.15) is 0 Å². The third-order valence-corrected chi connectivity index (χ3v) is 3.34. The molecule has 1 aliphatic rings. The van der Waals surface area contributed by atoms with E-state index < -0.39 is 0 Å². The van der Waals surface area contributed by atoms with Crippen molar-refractivity contribution >= 4 is 17.5 Å². The molecule has 0 radical (unpaired) electrons. The molecule has 0 saturated carbocycles. The lowest BCUT2D eigenvalue weighted by Crippen LogP contribution is -2.15. The Balaban J connectivity index is 2.38. The van der Waals surface area contributed by atoms with Gasteiger partial charge in [-0.3, -0.25) is 4.79 Å². The summed E-state index contributed by atoms with van der Waals surface area (Å²) in [5.41, 5.74) is 1.71. The zero-order chi connectivity index (χ0) is 10.8. The van der Waals surface area contributed by atoms with E-state index in [2.05, 4.69) is 0 Å². The fourth-order valence-corrected chi connectivity index (χ4v) is 2.59. The molecule has 1 aliphatic heterocycles. The summed E-state index contributed by atoms with van der Waals surface area (Å²) in [6.45, 7) is 0. The van der Waals surface area contributed by atoms with E-state index in [9.17, 15) is 4.79 Å². The second-order valence-electron chi connectivity index (χ2n) is 3.73. The smallest absolute Gasteiger partial charge is 0.192 e. The van der Waals surface area contributed by atoms with E-state index in [-0.39, 0.29) is 5.78 Å². The van der Waals surface area contributed by atoms with E-state index in [0.717, 1.165) is 21.8 Å². The Bertz CT molecular complexity index is 423. The average Bonchev–Trinajstić information content (AvgIpc) is 2.22. The van der Waals surface area contributed by atoms with Crippen LogP contribution in [-0.2, 0) is 0 Å². The number of Topliss-reactive ketones (excluding diaryl/α,β-unsaturated/α-hetero) is 1. The Labute approximate surface area is 94.0 Å². The minimum Gasteiger partial charge on any atom is -0.383 e. The van der Waals surface area contributed by atoms with E-state index in [1.807, 2.05) is 49.5 Å². The van der Waals surface area contributed by atoms with Crippen LogP contribution >= 0.6 is 11.8 Å². The molecule has 0 N–H and O–H groups in total. The molecule has 0 amide bonds. The van der Waals surface area contributed by atoms with E-state index in [4.69, 9.17) is 0 Å². The number of carbonyl (C=O) groups excluding carboxylic acids is 1. The lowest BCUT2D eigenvalue weighted by molar-refractivity contribution is 0.102. The van der Waals surface area contributed by atoms with Crippen molar-refractivity contribution in [2.75, 3.05) is 19.8 Å². The molecule has 78 valence electrons. The highest BCUT2D eigenvalue weighted by atomic mass is 32.2. The number of hydrogen-bond acceptors (Lipinski definition) is 3. The van der Waals surface area contributed by atoms with Crippen LogP contribution in [0, 0.1) is 0 Å². The Hall–Kier alpha value is -1.22. The van der Waals surface area contributed by atoms with Crippen LogP contribution in [0.15, 0.2) is 40.9 Å². The molecular formula is C12H13NOS. The lowest BCUT2D eigenvalue weighted by atomic mass is 10.0. The van der Waals surface area contributed by atoms with Gasteiger partial charge in [-0.15, -0.1) is 11.8 Å². The van der Waals surface area contributed by atoms with Crippen molar-refractivity contribution in [3.63, 3.8) is 0 Å². The summed E-state index contributed by atoms with van der Waals surface area (Å²) in [6.07, 6.45) is 1.91.